The molecule has 3 amide bonds. The first-order valence-electron chi connectivity index (χ1n) is 9.50. The Kier molecular flexibility index (Phi) is 5.92. The van der Waals surface area contributed by atoms with E-state index >= 15 is 0 Å². The molecule has 1 aromatic carbocycles. The molecule has 28 heavy (non-hydrogen) atoms. The number of carbonyl (C=O) groups excluding carboxylic acids is 4. The van der Waals surface area contributed by atoms with Crippen LogP contribution in [0.5, 0.6) is 0 Å². The molecule has 7 nitrogen and oxygen atoms in total. The summed E-state index contributed by atoms with van der Waals surface area (Å²) >= 11 is 0. The van der Waals surface area contributed by atoms with Crippen LogP contribution in [-0.2, 0) is 9.53 Å². The molecule has 1 heterocycles. The number of fused-ring (bicyclic) bond motifs is 1. The number of hydrogen-bond donors (Lipinski definition) is 1. The highest BCUT2D eigenvalue weighted by Gasteiger charge is 2.35. The number of imide groups is 1. The summed E-state index contributed by atoms with van der Waals surface area (Å²) in [4.78, 5) is 49.9. The van der Waals surface area contributed by atoms with Gasteiger partial charge in [0.15, 0.2) is 6.61 Å². The zero-order valence-corrected chi connectivity index (χ0v) is 15.9. The predicted octanol–water partition coefficient (Wildman–Crippen LogP) is 2.32. The van der Waals surface area contributed by atoms with Gasteiger partial charge in [-0.2, -0.15) is 0 Å². The number of rotatable bonds is 6. The first kappa shape index (κ1) is 19.8. The molecule has 0 spiro atoms. The zero-order chi connectivity index (χ0) is 20.3. The van der Waals surface area contributed by atoms with Crippen molar-refractivity contribution in [3.63, 3.8) is 0 Å². The van der Waals surface area contributed by atoms with E-state index in [1.54, 1.807) is 0 Å². The van der Waals surface area contributed by atoms with Crippen molar-refractivity contribution in [2.45, 2.75) is 38.6 Å². The van der Waals surface area contributed by atoms with Crippen LogP contribution >= 0.6 is 0 Å². The highest BCUT2D eigenvalue weighted by molar-refractivity contribution is 6.22. The second-order valence-corrected chi connectivity index (χ2v) is 7.28. The summed E-state index contributed by atoms with van der Waals surface area (Å²) in [6, 6.07) is 4.30. The Morgan fingerprint density at radius 1 is 1.21 bits per heavy atom. The second-order valence-electron chi connectivity index (χ2n) is 7.28. The van der Waals surface area contributed by atoms with Crippen molar-refractivity contribution in [1.82, 2.24) is 10.2 Å². The molecule has 3 rings (SSSR count). The lowest BCUT2D eigenvalue weighted by atomic mass is 9.86. The summed E-state index contributed by atoms with van der Waals surface area (Å²) in [5.74, 6) is -1.53. The van der Waals surface area contributed by atoms with Crippen LogP contribution in [0.2, 0.25) is 0 Å². The average Bonchev–Trinajstić information content (AvgIpc) is 2.92. The summed E-state index contributed by atoms with van der Waals surface area (Å²) in [7, 11) is 0. The summed E-state index contributed by atoms with van der Waals surface area (Å²) in [6.45, 7) is 5.36. The molecular weight excluding hydrogens is 360 g/mol. The lowest BCUT2D eigenvalue weighted by Crippen LogP contribution is -2.42. The van der Waals surface area contributed by atoms with Gasteiger partial charge < -0.3 is 10.1 Å². The van der Waals surface area contributed by atoms with E-state index in [4.69, 9.17) is 4.74 Å². The van der Waals surface area contributed by atoms with Crippen molar-refractivity contribution in [3.05, 3.63) is 47.5 Å². The maximum Gasteiger partial charge on any atom is 0.338 e. The van der Waals surface area contributed by atoms with Gasteiger partial charge in [-0.15, -0.1) is 6.58 Å². The van der Waals surface area contributed by atoms with Crippen molar-refractivity contribution < 1.29 is 23.9 Å². The van der Waals surface area contributed by atoms with Crippen molar-refractivity contribution >= 4 is 23.7 Å². The molecule has 1 saturated carbocycles. The van der Waals surface area contributed by atoms with Crippen LogP contribution in [0.1, 0.15) is 63.7 Å². The van der Waals surface area contributed by atoms with Crippen LogP contribution in [-0.4, -0.2) is 47.8 Å². The van der Waals surface area contributed by atoms with E-state index in [9.17, 15) is 19.2 Å². The normalized spacial score (nSPS) is 21.2. The SMILES string of the molecule is C=CCN1C(=O)c2ccc(C(=O)OCC(=O)N[C@H]3CCCC[C@@H]3C)cc2C1=O. The van der Waals surface area contributed by atoms with Gasteiger partial charge in [-0.05, 0) is 37.0 Å². The third-order valence-electron chi connectivity index (χ3n) is 5.31. The number of benzene rings is 1. The molecular formula is C21H24N2O5. The summed E-state index contributed by atoms with van der Waals surface area (Å²) < 4.78 is 5.09. The number of carbonyl (C=O) groups is 4. The van der Waals surface area contributed by atoms with Gasteiger partial charge >= 0.3 is 5.97 Å². The highest BCUT2D eigenvalue weighted by Crippen LogP contribution is 2.25. The maximum absolute atomic E-state index is 12.3. The highest BCUT2D eigenvalue weighted by atomic mass is 16.5. The zero-order valence-electron chi connectivity index (χ0n) is 15.9. The van der Waals surface area contributed by atoms with Gasteiger partial charge in [0.25, 0.3) is 17.7 Å². The molecule has 0 bridgehead atoms. The Bertz CT molecular complexity index is 832. The Labute approximate surface area is 163 Å². The minimum atomic E-state index is -0.711. The first-order valence-corrected chi connectivity index (χ1v) is 9.50. The van der Waals surface area contributed by atoms with Gasteiger partial charge in [0.05, 0.1) is 16.7 Å². The molecule has 2 atom stereocenters. The number of esters is 1. The fourth-order valence-electron chi connectivity index (χ4n) is 3.71. The van der Waals surface area contributed by atoms with E-state index in [2.05, 4.69) is 18.8 Å². The fraction of sp³-hybridized carbons (Fsp3) is 0.429. The number of amides is 3. The van der Waals surface area contributed by atoms with Crippen molar-refractivity contribution in [3.8, 4) is 0 Å². The largest absolute Gasteiger partial charge is 0.452 e. The van der Waals surface area contributed by atoms with Crippen LogP contribution in [0.3, 0.4) is 0 Å². The Hall–Kier alpha value is -2.96. The molecule has 0 saturated heterocycles. The minimum Gasteiger partial charge on any atom is -0.452 e. The molecule has 7 heteroatoms. The number of ether oxygens (including phenoxy) is 1. The third kappa shape index (κ3) is 3.98. The molecule has 1 N–H and O–H groups in total. The monoisotopic (exact) mass is 384 g/mol. The molecule has 2 aliphatic rings. The molecule has 1 aliphatic carbocycles. The molecule has 0 unspecified atom stereocenters. The Morgan fingerprint density at radius 3 is 2.64 bits per heavy atom. The van der Waals surface area contributed by atoms with Crippen LogP contribution in [0.25, 0.3) is 0 Å². The van der Waals surface area contributed by atoms with E-state index in [0.29, 0.717) is 5.92 Å². The van der Waals surface area contributed by atoms with Gasteiger partial charge in [-0.1, -0.05) is 25.8 Å². The number of nitrogens with one attached hydrogen (secondary N) is 1. The van der Waals surface area contributed by atoms with Gasteiger partial charge in [0.1, 0.15) is 0 Å². The van der Waals surface area contributed by atoms with Crippen molar-refractivity contribution in [1.29, 1.82) is 0 Å². The molecule has 0 radical (unpaired) electrons. The van der Waals surface area contributed by atoms with Gasteiger partial charge in [0.2, 0.25) is 0 Å². The topological polar surface area (TPSA) is 92.8 Å². The van der Waals surface area contributed by atoms with Crippen LogP contribution in [0, 0.1) is 5.92 Å². The van der Waals surface area contributed by atoms with Crippen LogP contribution in [0.4, 0.5) is 0 Å². The summed E-state index contributed by atoms with van der Waals surface area (Å²) in [5.41, 5.74) is 0.522. The van der Waals surface area contributed by atoms with Gasteiger partial charge in [0, 0.05) is 12.6 Å². The van der Waals surface area contributed by atoms with E-state index in [-0.39, 0.29) is 41.8 Å². The van der Waals surface area contributed by atoms with Crippen molar-refractivity contribution in [2.75, 3.05) is 13.2 Å². The van der Waals surface area contributed by atoms with E-state index < -0.39 is 17.8 Å². The lowest BCUT2D eigenvalue weighted by Gasteiger charge is -2.29. The lowest BCUT2D eigenvalue weighted by molar-refractivity contribution is -0.125. The number of hydrogen-bond acceptors (Lipinski definition) is 5. The van der Waals surface area contributed by atoms with E-state index in [1.807, 2.05) is 0 Å². The fourth-order valence-corrected chi connectivity index (χ4v) is 3.71. The predicted molar refractivity (Wildman–Crippen MR) is 102 cm³/mol. The van der Waals surface area contributed by atoms with Gasteiger partial charge in [-0.3, -0.25) is 19.3 Å². The standard InChI is InChI=1S/C21H24N2O5/c1-3-10-23-19(25)15-9-8-14(11-16(15)20(23)26)21(27)28-12-18(24)22-17-7-5-4-6-13(17)2/h3,8-9,11,13,17H,1,4-7,10,12H2,2H3,(H,22,24)/t13-,17-/m0/s1. The summed E-state index contributed by atoms with van der Waals surface area (Å²) in [5, 5.41) is 2.92. The van der Waals surface area contributed by atoms with Crippen LogP contribution in [0.15, 0.2) is 30.9 Å². The molecule has 1 fully saturated rings. The molecule has 148 valence electrons. The molecule has 1 aliphatic heterocycles. The second kappa shape index (κ2) is 8.37. The Morgan fingerprint density at radius 2 is 1.93 bits per heavy atom. The van der Waals surface area contributed by atoms with E-state index in [1.165, 1.54) is 30.7 Å². The number of nitrogens with zero attached hydrogens (tertiary/aromatic N) is 1. The smallest absolute Gasteiger partial charge is 0.338 e. The quantitative estimate of drug-likeness (QED) is 0.462. The average molecular weight is 384 g/mol. The van der Waals surface area contributed by atoms with Crippen molar-refractivity contribution in [2.24, 2.45) is 5.92 Å². The Balaban J connectivity index is 1.60. The van der Waals surface area contributed by atoms with E-state index in [0.717, 1.165) is 24.2 Å². The minimum absolute atomic E-state index is 0.103. The van der Waals surface area contributed by atoms with Gasteiger partial charge in [-0.25, -0.2) is 4.79 Å². The molecule has 1 aromatic rings. The third-order valence-corrected chi connectivity index (χ3v) is 5.31. The van der Waals surface area contributed by atoms with Crippen LogP contribution < -0.4 is 5.32 Å². The maximum atomic E-state index is 12.3. The summed E-state index contributed by atoms with van der Waals surface area (Å²) in [6.07, 6.45) is 5.73. The first-order chi connectivity index (χ1) is 13.4. The molecule has 0 aromatic heterocycles.